The third kappa shape index (κ3) is 3.88. The molecule has 1 aliphatic rings. The number of nitrogens with two attached hydrogens (primary N) is 1. The Balaban J connectivity index is 2.07. The van der Waals surface area contributed by atoms with E-state index in [9.17, 15) is 4.79 Å². The maximum atomic E-state index is 10.5. The Morgan fingerprint density at radius 2 is 2.37 bits per heavy atom. The summed E-state index contributed by atoms with van der Waals surface area (Å²) < 4.78 is 0. The van der Waals surface area contributed by atoms with Gasteiger partial charge >= 0.3 is 5.97 Å². The molecule has 2 unspecified atom stereocenters. The monoisotopic (exact) mass is 299 g/mol. The Bertz CT molecular complexity index is 461. The number of benzene rings is 1. The zero-order valence-corrected chi connectivity index (χ0v) is 12.2. The van der Waals surface area contributed by atoms with Crippen molar-refractivity contribution in [1.29, 1.82) is 0 Å². The van der Waals surface area contributed by atoms with E-state index < -0.39 is 5.97 Å². The molecule has 0 aliphatic carbocycles. The maximum absolute atomic E-state index is 10.5. The molecule has 2 atom stereocenters. The van der Waals surface area contributed by atoms with Gasteiger partial charge in [0.2, 0.25) is 0 Å². The van der Waals surface area contributed by atoms with Crippen LogP contribution in [0.5, 0.6) is 0 Å². The van der Waals surface area contributed by atoms with Gasteiger partial charge in [-0.25, -0.2) is 0 Å². The Labute approximate surface area is 122 Å². The fourth-order valence-corrected chi connectivity index (χ4v) is 3.92. The van der Waals surface area contributed by atoms with Gasteiger partial charge in [-0.2, -0.15) is 11.8 Å². The first-order valence-electron chi connectivity index (χ1n) is 6.42. The zero-order chi connectivity index (χ0) is 13.8. The average Bonchev–Trinajstić information content (AvgIpc) is 2.89. The van der Waals surface area contributed by atoms with Gasteiger partial charge in [-0.05, 0) is 41.7 Å². The molecule has 104 valence electrons. The second-order valence-corrected chi connectivity index (χ2v) is 6.44. The van der Waals surface area contributed by atoms with Crippen LogP contribution in [-0.2, 0) is 4.79 Å². The minimum atomic E-state index is -0.818. The largest absolute Gasteiger partial charge is 0.481 e. The molecular weight excluding hydrogens is 282 g/mol. The number of rotatable bonds is 5. The number of carbonyl (C=O) groups is 1. The third-order valence-corrected chi connectivity index (χ3v) is 4.98. The highest BCUT2D eigenvalue weighted by Gasteiger charge is 2.20. The van der Waals surface area contributed by atoms with E-state index in [0.29, 0.717) is 12.3 Å². The van der Waals surface area contributed by atoms with Crippen molar-refractivity contribution >= 4 is 29.3 Å². The van der Waals surface area contributed by atoms with Crippen molar-refractivity contribution in [3.8, 4) is 0 Å². The molecular formula is C14H18ClNO2S. The molecule has 1 aliphatic heterocycles. The molecule has 2 rings (SSSR count). The van der Waals surface area contributed by atoms with Gasteiger partial charge in [0.05, 0.1) is 0 Å². The molecule has 3 N–H and O–H groups in total. The maximum Gasteiger partial charge on any atom is 0.303 e. The highest BCUT2D eigenvalue weighted by atomic mass is 35.5. The summed E-state index contributed by atoms with van der Waals surface area (Å²) in [5.41, 5.74) is 8.10. The van der Waals surface area contributed by atoms with Crippen LogP contribution in [0.1, 0.15) is 42.3 Å². The lowest BCUT2D eigenvalue weighted by molar-refractivity contribution is -0.137. The molecule has 19 heavy (non-hydrogen) atoms. The second-order valence-electron chi connectivity index (χ2n) is 4.88. The van der Waals surface area contributed by atoms with E-state index in [1.54, 1.807) is 0 Å². The fourth-order valence-electron chi connectivity index (χ4n) is 2.33. The van der Waals surface area contributed by atoms with Crippen molar-refractivity contribution in [2.24, 2.45) is 5.73 Å². The molecule has 1 aromatic carbocycles. The van der Waals surface area contributed by atoms with Crippen LogP contribution in [0.15, 0.2) is 18.2 Å². The lowest BCUT2D eigenvalue weighted by Gasteiger charge is -2.15. The highest BCUT2D eigenvalue weighted by molar-refractivity contribution is 7.99. The van der Waals surface area contributed by atoms with Crippen LogP contribution in [0.25, 0.3) is 0 Å². The van der Waals surface area contributed by atoms with Crippen LogP contribution in [0.3, 0.4) is 0 Å². The zero-order valence-electron chi connectivity index (χ0n) is 10.6. The van der Waals surface area contributed by atoms with E-state index in [4.69, 9.17) is 22.4 Å². The van der Waals surface area contributed by atoms with Crippen LogP contribution < -0.4 is 5.73 Å². The number of thioether (sulfide) groups is 1. The first kappa shape index (κ1) is 14.7. The van der Waals surface area contributed by atoms with E-state index >= 15 is 0 Å². The molecule has 0 saturated carbocycles. The van der Waals surface area contributed by atoms with E-state index in [-0.39, 0.29) is 12.5 Å². The number of aliphatic carboxylic acids is 1. The molecule has 0 amide bonds. The molecule has 1 aromatic rings. The van der Waals surface area contributed by atoms with Gasteiger partial charge in [-0.3, -0.25) is 4.79 Å². The number of carboxylic acid groups (broad SMARTS) is 1. The summed E-state index contributed by atoms with van der Waals surface area (Å²) >= 11 is 8.29. The summed E-state index contributed by atoms with van der Waals surface area (Å²) in [5, 5.41) is 9.43. The van der Waals surface area contributed by atoms with Gasteiger partial charge in [0.25, 0.3) is 0 Å². The van der Waals surface area contributed by atoms with Gasteiger partial charge in [0.15, 0.2) is 0 Å². The number of hydrogen-bond acceptors (Lipinski definition) is 3. The molecule has 5 heteroatoms. The van der Waals surface area contributed by atoms with E-state index in [2.05, 4.69) is 6.07 Å². The molecule has 0 radical (unpaired) electrons. The smallest absolute Gasteiger partial charge is 0.303 e. The molecule has 0 bridgehead atoms. The van der Waals surface area contributed by atoms with Crippen molar-refractivity contribution in [2.75, 3.05) is 11.5 Å². The minimum Gasteiger partial charge on any atom is -0.481 e. The van der Waals surface area contributed by atoms with Crippen LogP contribution in [0.4, 0.5) is 0 Å². The van der Waals surface area contributed by atoms with Crippen molar-refractivity contribution in [3.63, 3.8) is 0 Å². The SMILES string of the molecule is NC(CCC(=O)O)c1ccc(C2CCSC2)c(Cl)c1. The Kier molecular flexibility index (Phi) is 5.13. The van der Waals surface area contributed by atoms with E-state index in [1.165, 1.54) is 17.7 Å². The molecule has 3 nitrogen and oxygen atoms in total. The topological polar surface area (TPSA) is 63.3 Å². The Hall–Kier alpha value is -0.710. The minimum absolute atomic E-state index is 0.0831. The van der Waals surface area contributed by atoms with Crippen molar-refractivity contribution in [2.45, 2.75) is 31.2 Å². The predicted molar refractivity (Wildman–Crippen MR) is 79.9 cm³/mol. The van der Waals surface area contributed by atoms with Crippen molar-refractivity contribution in [3.05, 3.63) is 34.3 Å². The third-order valence-electron chi connectivity index (χ3n) is 3.49. The Morgan fingerprint density at radius 1 is 1.58 bits per heavy atom. The van der Waals surface area contributed by atoms with Gasteiger partial charge in [-0.1, -0.05) is 23.7 Å². The van der Waals surface area contributed by atoms with Gasteiger partial charge < -0.3 is 10.8 Å². The van der Waals surface area contributed by atoms with Gasteiger partial charge in [0.1, 0.15) is 0 Å². The molecule has 0 aromatic heterocycles. The quantitative estimate of drug-likeness (QED) is 0.874. The summed E-state index contributed by atoms with van der Waals surface area (Å²) in [4.78, 5) is 10.5. The lowest BCUT2D eigenvalue weighted by atomic mass is 9.95. The van der Waals surface area contributed by atoms with Crippen LogP contribution >= 0.6 is 23.4 Å². The lowest BCUT2D eigenvalue weighted by Crippen LogP contribution is -2.12. The van der Waals surface area contributed by atoms with Crippen LogP contribution in [0, 0.1) is 0 Å². The first-order chi connectivity index (χ1) is 9.08. The predicted octanol–water partition coefficient (Wildman–Crippen LogP) is 3.43. The van der Waals surface area contributed by atoms with Crippen molar-refractivity contribution < 1.29 is 9.90 Å². The Morgan fingerprint density at radius 3 is 2.95 bits per heavy atom. The van der Waals surface area contributed by atoms with Crippen LogP contribution in [-0.4, -0.2) is 22.6 Å². The summed E-state index contributed by atoms with van der Waals surface area (Å²) in [7, 11) is 0. The standard InChI is InChI=1S/C14H18ClNO2S/c15-12-7-9(13(16)3-4-14(17)18)1-2-11(12)10-5-6-19-8-10/h1-2,7,10,13H,3-6,8,16H2,(H,17,18). The summed E-state index contributed by atoms with van der Waals surface area (Å²) in [6.45, 7) is 0. The number of halogens is 1. The van der Waals surface area contributed by atoms with Crippen LogP contribution in [0.2, 0.25) is 5.02 Å². The van der Waals surface area contributed by atoms with E-state index in [1.807, 2.05) is 23.9 Å². The average molecular weight is 300 g/mol. The fraction of sp³-hybridized carbons (Fsp3) is 0.500. The highest BCUT2D eigenvalue weighted by Crippen LogP contribution is 2.37. The summed E-state index contributed by atoms with van der Waals surface area (Å²) in [6, 6.07) is 5.67. The van der Waals surface area contributed by atoms with E-state index in [0.717, 1.165) is 16.3 Å². The normalized spacial score (nSPS) is 20.4. The summed E-state index contributed by atoms with van der Waals surface area (Å²) in [6.07, 6.45) is 1.69. The number of hydrogen-bond donors (Lipinski definition) is 2. The van der Waals surface area contributed by atoms with Gasteiger partial charge in [-0.15, -0.1) is 0 Å². The molecule has 1 saturated heterocycles. The first-order valence-corrected chi connectivity index (χ1v) is 7.95. The van der Waals surface area contributed by atoms with Gasteiger partial charge in [0, 0.05) is 23.2 Å². The summed E-state index contributed by atoms with van der Waals surface area (Å²) in [5.74, 6) is 2.05. The molecule has 1 fully saturated rings. The molecule has 0 spiro atoms. The van der Waals surface area contributed by atoms with Crippen molar-refractivity contribution in [1.82, 2.24) is 0 Å². The number of carboxylic acids is 1. The second kappa shape index (κ2) is 6.64. The molecule has 1 heterocycles.